The Balaban J connectivity index is 1.65. The molecule has 4 rings (SSSR count). The van der Waals surface area contributed by atoms with Crippen molar-refractivity contribution in [2.45, 2.75) is 25.7 Å². The second kappa shape index (κ2) is 9.26. The molecule has 1 aliphatic carbocycles. The van der Waals surface area contributed by atoms with Crippen LogP contribution in [-0.4, -0.2) is 31.6 Å². The standard InChI is InChI=1S/C24H20ClF4N5O/c1-14(2)18-11-15(17-5-3-4-6-20(17)25)7-8-23(18,26)22(35)33-16-12-19(24(27,28)29)21(30-13-16)34-31-9-10-32-34/h3-14,18H,1-2H3,(H,33,35). The van der Waals surface area contributed by atoms with Gasteiger partial charge in [-0.3, -0.25) is 4.79 Å². The third kappa shape index (κ3) is 4.84. The number of hydrogen-bond donors (Lipinski definition) is 1. The third-order valence-corrected chi connectivity index (χ3v) is 5.97. The average Bonchev–Trinajstić information content (AvgIpc) is 3.34. The van der Waals surface area contributed by atoms with Crippen LogP contribution in [0, 0.1) is 11.8 Å². The summed E-state index contributed by atoms with van der Waals surface area (Å²) in [7, 11) is 0. The third-order valence-electron chi connectivity index (χ3n) is 5.64. The maximum Gasteiger partial charge on any atom is 0.420 e. The number of carbonyl (C=O) groups is 1. The topological polar surface area (TPSA) is 72.7 Å². The first-order valence-corrected chi connectivity index (χ1v) is 11.0. The quantitative estimate of drug-likeness (QED) is 0.438. The number of hydrogen-bond acceptors (Lipinski definition) is 4. The minimum absolute atomic E-state index is 0.313. The van der Waals surface area contributed by atoms with E-state index in [0.29, 0.717) is 27.0 Å². The number of nitrogens with zero attached hydrogens (tertiary/aromatic N) is 4. The molecule has 2 atom stereocenters. The molecule has 2 aromatic heterocycles. The summed E-state index contributed by atoms with van der Waals surface area (Å²) in [5, 5.41) is 10.1. The number of pyridine rings is 1. The molecule has 0 saturated heterocycles. The number of alkyl halides is 4. The molecule has 0 saturated carbocycles. The number of nitrogens with one attached hydrogen (secondary N) is 1. The summed E-state index contributed by atoms with van der Waals surface area (Å²) in [6.07, 6.45) is 2.78. The summed E-state index contributed by atoms with van der Waals surface area (Å²) in [6.45, 7) is 3.50. The summed E-state index contributed by atoms with van der Waals surface area (Å²) in [6, 6.07) is 7.71. The molecular weight excluding hydrogens is 486 g/mol. The molecule has 3 aromatic rings. The van der Waals surface area contributed by atoms with Crippen molar-refractivity contribution in [3.63, 3.8) is 0 Å². The predicted molar refractivity (Wildman–Crippen MR) is 124 cm³/mol. The van der Waals surface area contributed by atoms with Crippen molar-refractivity contribution in [2.75, 3.05) is 5.32 Å². The highest BCUT2D eigenvalue weighted by Crippen LogP contribution is 2.41. The first kappa shape index (κ1) is 24.6. The molecule has 0 radical (unpaired) electrons. The number of benzene rings is 1. The van der Waals surface area contributed by atoms with Gasteiger partial charge in [0.05, 0.1) is 24.3 Å². The molecule has 2 heterocycles. The summed E-state index contributed by atoms with van der Waals surface area (Å²) in [4.78, 5) is 17.5. The van der Waals surface area contributed by atoms with E-state index >= 15 is 4.39 Å². The second-order valence-electron chi connectivity index (χ2n) is 8.34. The predicted octanol–water partition coefficient (Wildman–Crippen LogP) is 5.91. The smallest absolute Gasteiger partial charge is 0.322 e. The summed E-state index contributed by atoms with van der Waals surface area (Å²) < 4.78 is 57.2. The van der Waals surface area contributed by atoms with Crippen molar-refractivity contribution in [3.05, 3.63) is 83.3 Å². The Labute approximate surface area is 203 Å². The minimum atomic E-state index is -4.82. The summed E-state index contributed by atoms with van der Waals surface area (Å²) in [5.41, 5.74) is -2.68. The van der Waals surface area contributed by atoms with E-state index in [9.17, 15) is 18.0 Å². The fraction of sp³-hybridized carbons (Fsp3) is 0.250. The van der Waals surface area contributed by atoms with Crippen LogP contribution in [0.5, 0.6) is 0 Å². The zero-order chi connectivity index (χ0) is 25.4. The fourth-order valence-electron chi connectivity index (χ4n) is 3.92. The van der Waals surface area contributed by atoms with Gasteiger partial charge in [0.25, 0.3) is 5.91 Å². The molecule has 0 fully saturated rings. The normalized spacial score (nSPS) is 20.1. The van der Waals surface area contributed by atoms with Crippen LogP contribution in [-0.2, 0) is 11.0 Å². The second-order valence-corrected chi connectivity index (χ2v) is 8.75. The van der Waals surface area contributed by atoms with E-state index in [-0.39, 0.29) is 11.6 Å². The van der Waals surface area contributed by atoms with Gasteiger partial charge in [0.1, 0.15) is 5.56 Å². The first-order valence-electron chi connectivity index (χ1n) is 10.6. The average molecular weight is 506 g/mol. The van der Waals surface area contributed by atoms with Gasteiger partial charge in [0.15, 0.2) is 5.82 Å². The zero-order valence-electron chi connectivity index (χ0n) is 18.6. The van der Waals surface area contributed by atoms with Gasteiger partial charge in [-0.15, -0.1) is 4.80 Å². The van der Waals surface area contributed by atoms with Crippen LogP contribution in [0.2, 0.25) is 5.02 Å². The number of aromatic nitrogens is 4. The Kier molecular flexibility index (Phi) is 6.50. The van der Waals surface area contributed by atoms with Crippen LogP contribution >= 0.6 is 11.6 Å². The molecule has 1 amide bonds. The molecule has 0 aliphatic heterocycles. The molecule has 6 nitrogen and oxygen atoms in total. The van der Waals surface area contributed by atoms with Gasteiger partial charge in [0, 0.05) is 10.9 Å². The van der Waals surface area contributed by atoms with Crippen LogP contribution in [0.15, 0.2) is 67.2 Å². The highest BCUT2D eigenvalue weighted by molar-refractivity contribution is 6.32. The van der Waals surface area contributed by atoms with Crippen molar-refractivity contribution in [1.82, 2.24) is 20.0 Å². The molecular formula is C24H20ClF4N5O. The number of anilines is 1. The monoisotopic (exact) mass is 505 g/mol. The van der Waals surface area contributed by atoms with E-state index in [2.05, 4.69) is 20.5 Å². The van der Waals surface area contributed by atoms with Gasteiger partial charge >= 0.3 is 6.18 Å². The van der Waals surface area contributed by atoms with Crippen LogP contribution in [0.25, 0.3) is 11.4 Å². The SMILES string of the molecule is CC(C)C1C=C(c2ccccc2Cl)C=CC1(F)C(=O)Nc1cnc(-n2nccn2)c(C(F)(F)F)c1. The number of rotatable bonds is 5. The molecule has 0 bridgehead atoms. The lowest BCUT2D eigenvalue weighted by Gasteiger charge is -2.34. The number of allylic oxidation sites excluding steroid dienone is 3. The van der Waals surface area contributed by atoms with Crippen molar-refractivity contribution in [3.8, 4) is 5.82 Å². The highest BCUT2D eigenvalue weighted by Gasteiger charge is 2.46. The summed E-state index contributed by atoms with van der Waals surface area (Å²) in [5.74, 6) is -2.89. The van der Waals surface area contributed by atoms with Gasteiger partial charge in [-0.1, -0.05) is 55.8 Å². The molecule has 2 unspecified atom stereocenters. The zero-order valence-corrected chi connectivity index (χ0v) is 19.3. The van der Waals surface area contributed by atoms with E-state index in [1.807, 2.05) is 0 Å². The van der Waals surface area contributed by atoms with E-state index in [4.69, 9.17) is 11.6 Å². The molecule has 1 aromatic carbocycles. The van der Waals surface area contributed by atoms with Crippen LogP contribution in [0.3, 0.4) is 0 Å². The van der Waals surface area contributed by atoms with Gasteiger partial charge in [-0.25, -0.2) is 9.37 Å². The van der Waals surface area contributed by atoms with Gasteiger partial charge in [-0.2, -0.15) is 23.4 Å². The number of carbonyl (C=O) groups excluding carboxylic acids is 1. The molecule has 1 N–H and O–H groups in total. The van der Waals surface area contributed by atoms with Crippen LogP contribution < -0.4 is 5.32 Å². The van der Waals surface area contributed by atoms with Crippen molar-refractivity contribution in [2.24, 2.45) is 11.8 Å². The minimum Gasteiger partial charge on any atom is -0.322 e. The van der Waals surface area contributed by atoms with E-state index in [0.717, 1.165) is 12.3 Å². The van der Waals surface area contributed by atoms with Crippen molar-refractivity contribution >= 4 is 28.8 Å². The Hall–Kier alpha value is -3.53. The van der Waals surface area contributed by atoms with Crippen molar-refractivity contribution in [1.29, 1.82) is 0 Å². The van der Waals surface area contributed by atoms with E-state index < -0.39 is 35.1 Å². The number of amides is 1. The Morgan fingerprint density at radius 3 is 2.51 bits per heavy atom. The maximum atomic E-state index is 16.2. The van der Waals surface area contributed by atoms with Gasteiger partial charge in [-0.05, 0) is 35.3 Å². The largest absolute Gasteiger partial charge is 0.420 e. The number of halogens is 5. The summed E-state index contributed by atoms with van der Waals surface area (Å²) >= 11 is 6.27. The van der Waals surface area contributed by atoms with Crippen LogP contribution in [0.1, 0.15) is 25.0 Å². The fourth-order valence-corrected chi connectivity index (χ4v) is 4.16. The lowest BCUT2D eigenvalue weighted by atomic mass is 9.75. The Morgan fingerprint density at radius 1 is 1.20 bits per heavy atom. The lowest BCUT2D eigenvalue weighted by molar-refractivity contribution is -0.138. The maximum absolute atomic E-state index is 16.2. The highest BCUT2D eigenvalue weighted by atomic mass is 35.5. The lowest BCUT2D eigenvalue weighted by Crippen LogP contribution is -2.46. The molecule has 182 valence electrons. The van der Waals surface area contributed by atoms with E-state index in [1.165, 1.54) is 18.5 Å². The Bertz CT molecular complexity index is 1300. The van der Waals surface area contributed by atoms with Gasteiger partial charge in [0.2, 0.25) is 5.67 Å². The Morgan fingerprint density at radius 2 is 1.89 bits per heavy atom. The van der Waals surface area contributed by atoms with Crippen LogP contribution in [0.4, 0.5) is 23.2 Å². The first-order chi connectivity index (χ1) is 16.5. The molecule has 11 heteroatoms. The van der Waals surface area contributed by atoms with Gasteiger partial charge < -0.3 is 5.32 Å². The molecule has 1 aliphatic rings. The molecule has 0 spiro atoms. The molecule has 35 heavy (non-hydrogen) atoms. The van der Waals surface area contributed by atoms with Crippen molar-refractivity contribution < 1.29 is 22.4 Å². The van der Waals surface area contributed by atoms with E-state index in [1.54, 1.807) is 44.2 Å².